The van der Waals surface area contributed by atoms with Crippen LogP contribution in [0.3, 0.4) is 0 Å². The maximum Gasteiger partial charge on any atom is 0.194 e. The summed E-state index contributed by atoms with van der Waals surface area (Å²) in [5.74, 6) is 0.909. The summed E-state index contributed by atoms with van der Waals surface area (Å²) in [4.78, 5) is 15.6. The predicted octanol–water partition coefficient (Wildman–Crippen LogP) is 3.49. The molecule has 0 radical (unpaired) electrons. The Morgan fingerprint density at radius 1 is 0.783 bits per heavy atom. The summed E-state index contributed by atoms with van der Waals surface area (Å²) in [6, 6.07) is 0. The van der Waals surface area contributed by atoms with Gasteiger partial charge in [-0.3, -0.25) is 4.98 Å². The lowest BCUT2D eigenvalue weighted by molar-refractivity contribution is 0.597. The van der Waals surface area contributed by atoms with Gasteiger partial charge in [-0.15, -0.1) is 0 Å². The molecule has 2 rings (SSSR count). The first kappa shape index (κ1) is 23.2. The third-order valence-corrected chi connectivity index (χ3v) is 2.80. The molecule has 0 amide bonds. The molecular formula is C15H27N5O2S. The molecule has 0 atom stereocenters. The van der Waals surface area contributed by atoms with Gasteiger partial charge in [-0.25, -0.2) is 23.4 Å². The van der Waals surface area contributed by atoms with E-state index in [-0.39, 0.29) is 5.03 Å². The summed E-state index contributed by atoms with van der Waals surface area (Å²) >= 11 is 0. The van der Waals surface area contributed by atoms with Gasteiger partial charge < -0.3 is 5.32 Å². The van der Waals surface area contributed by atoms with Crippen LogP contribution < -0.4 is 5.32 Å². The van der Waals surface area contributed by atoms with Gasteiger partial charge in [0.05, 0.1) is 18.6 Å². The van der Waals surface area contributed by atoms with Gasteiger partial charge in [-0.1, -0.05) is 41.5 Å². The average molecular weight is 341 g/mol. The highest BCUT2D eigenvalue weighted by atomic mass is 32.2. The molecule has 2 aromatic heterocycles. The number of anilines is 2. The SMILES string of the molecule is CC.CC.CC.CS(=O)(=O)c1cnc(Nc2cnccn2)cn1. The number of nitrogens with one attached hydrogen (secondary N) is 1. The largest absolute Gasteiger partial charge is 0.322 e. The number of nitrogens with zero attached hydrogens (tertiary/aromatic N) is 4. The first-order valence-corrected chi connectivity index (χ1v) is 9.50. The van der Waals surface area contributed by atoms with Crippen LogP contribution in [0.15, 0.2) is 36.0 Å². The Morgan fingerprint density at radius 3 is 1.74 bits per heavy atom. The zero-order valence-corrected chi connectivity index (χ0v) is 15.7. The van der Waals surface area contributed by atoms with Crippen molar-refractivity contribution in [3.63, 3.8) is 0 Å². The van der Waals surface area contributed by atoms with Crippen molar-refractivity contribution < 1.29 is 8.42 Å². The normalized spacial score (nSPS) is 9.00. The van der Waals surface area contributed by atoms with Gasteiger partial charge in [-0.2, -0.15) is 0 Å². The van der Waals surface area contributed by atoms with Gasteiger partial charge >= 0.3 is 0 Å². The van der Waals surface area contributed by atoms with Crippen molar-refractivity contribution >= 4 is 21.5 Å². The molecule has 0 saturated carbocycles. The molecule has 0 bridgehead atoms. The Bertz CT molecular complexity index is 602. The van der Waals surface area contributed by atoms with E-state index < -0.39 is 9.84 Å². The van der Waals surface area contributed by atoms with Crippen LogP contribution >= 0.6 is 0 Å². The molecule has 7 nitrogen and oxygen atoms in total. The van der Waals surface area contributed by atoms with Crippen LogP contribution in [-0.2, 0) is 9.84 Å². The fourth-order valence-electron chi connectivity index (χ4n) is 1.07. The van der Waals surface area contributed by atoms with Crippen LogP contribution in [0.4, 0.5) is 11.6 Å². The molecule has 0 fully saturated rings. The number of hydrogen-bond acceptors (Lipinski definition) is 7. The van der Waals surface area contributed by atoms with E-state index in [0.717, 1.165) is 6.26 Å². The highest BCUT2D eigenvalue weighted by Gasteiger charge is 2.09. The molecule has 2 aromatic rings. The van der Waals surface area contributed by atoms with Crippen LogP contribution in [-0.4, -0.2) is 34.6 Å². The van der Waals surface area contributed by atoms with Crippen LogP contribution in [0.5, 0.6) is 0 Å². The van der Waals surface area contributed by atoms with E-state index in [1.165, 1.54) is 24.8 Å². The monoisotopic (exact) mass is 341 g/mol. The molecule has 23 heavy (non-hydrogen) atoms. The van der Waals surface area contributed by atoms with Crippen molar-refractivity contribution in [2.45, 2.75) is 46.6 Å². The summed E-state index contributed by atoms with van der Waals surface area (Å²) in [7, 11) is -3.32. The number of rotatable bonds is 3. The summed E-state index contributed by atoms with van der Waals surface area (Å²) in [5, 5.41) is 2.77. The van der Waals surface area contributed by atoms with Crippen molar-refractivity contribution in [1.29, 1.82) is 0 Å². The number of hydrogen-bond donors (Lipinski definition) is 1. The van der Waals surface area contributed by atoms with Crippen LogP contribution in [0.25, 0.3) is 0 Å². The van der Waals surface area contributed by atoms with Crippen molar-refractivity contribution in [2.75, 3.05) is 11.6 Å². The topological polar surface area (TPSA) is 97.7 Å². The second kappa shape index (κ2) is 13.6. The molecule has 0 aliphatic rings. The minimum absolute atomic E-state index is 0.0674. The molecule has 0 saturated heterocycles. The lowest BCUT2D eigenvalue weighted by Gasteiger charge is -2.03. The van der Waals surface area contributed by atoms with Gasteiger partial charge in [0.2, 0.25) is 0 Å². The molecule has 1 N–H and O–H groups in total. The fourth-order valence-corrected chi connectivity index (χ4v) is 1.56. The quantitative estimate of drug-likeness (QED) is 0.912. The van der Waals surface area contributed by atoms with E-state index in [1.54, 1.807) is 6.20 Å². The zero-order chi connectivity index (χ0) is 18.3. The zero-order valence-electron chi connectivity index (χ0n) is 14.9. The average Bonchev–Trinajstić information content (AvgIpc) is 2.61. The van der Waals surface area contributed by atoms with Crippen LogP contribution in [0.2, 0.25) is 0 Å². The van der Waals surface area contributed by atoms with E-state index >= 15 is 0 Å². The molecule has 2 heterocycles. The Labute approximate surface area is 139 Å². The molecule has 0 aliphatic carbocycles. The van der Waals surface area contributed by atoms with E-state index in [9.17, 15) is 8.42 Å². The fraction of sp³-hybridized carbons (Fsp3) is 0.467. The summed E-state index contributed by atoms with van der Waals surface area (Å²) in [6.07, 6.45) is 8.18. The van der Waals surface area contributed by atoms with Crippen molar-refractivity contribution in [3.8, 4) is 0 Å². The van der Waals surface area contributed by atoms with E-state index in [1.807, 2.05) is 41.5 Å². The standard InChI is InChI=1S/C9H9N5O2S.3C2H6/c1-17(15,16)9-6-12-8(5-13-9)14-7-4-10-2-3-11-7;3*1-2/h2-6H,1H3,(H,11,12,14);3*1-2H3. The van der Waals surface area contributed by atoms with Crippen molar-refractivity contribution in [1.82, 2.24) is 19.9 Å². The first-order chi connectivity index (χ1) is 11.1. The van der Waals surface area contributed by atoms with Crippen LogP contribution in [0.1, 0.15) is 41.5 Å². The Hall–Kier alpha value is -2.09. The molecule has 0 unspecified atom stereocenters. The highest BCUT2D eigenvalue weighted by Crippen LogP contribution is 2.10. The lowest BCUT2D eigenvalue weighted by Crippen LogP contribution is -2.03. The van der Waals surface area contributed by atoms with Gasteiger partial charge in [-0.05, 0) is 0 Å². The predicted molar refractivity (Wildman–Crippen MR) is 94.5 cm³/mol. The van der Waals surface area contributed by atoms with Crippen molar-refractivity contribution in [3.05, 3.63) is 31.0 Å². The Morgan fingerprint density at radius 2 is 1.35 bits per heavy atom. The summed E-state index contributed by atoms with van der Waals surface area (Å²) in [5.41, 5.74) is 0. The molecular weight excluding hydrogens is 314 g/mol. The minimum atomic E-state index is -3.32. The molecule has 130 valence electrons. The maximum absolute atomic E-state index is 11.2. The number of aromatic nitrogens is 4. The van der Waals surface area contributed by atoms with E-state index in [4.69, 9.17) is 0 Å². The van der Waals surface area contributed by atoms with Gasteiger partial charge in [0.15, 0.2) is 14.9 Å². The van der Waals surface area contributed by atoms with E-state index in [0.29, 0.717) is 11.6 Å². The summed E-state index contributed by atoms with van der Waals surface area (Å²) < 4.78 is 22.3. The molecule has 0 spiro atoms. The Kier molecular flexibility index (Phi) is 13.7. The third-order valence-electron chi connectivity index (χ3n) is 1.83. The first-order valence-electron chi connectivity index (χ1n) is 7.61. The minimum Gasteiger partial charge on any atom is -0.322 e. The molecule has 0 aromatic carbocycles. The van der Waals surface area contributed by atoms with Crippen LogP contribution in [0, 0.1) is 0 Å². The van der Waals surface area contributed by atoms with Gasteiger partial charge in [0, 0.05) is 18.6 Å². The second-order valence-corrected chi connectivity index (χ2v) is 5.19. The third kappa shape index (κ3) is 9.51. The molecule has 8 heteroatoms. The van der Waals surface area contributed by atoms with Gasteiger partial charge in [0.25, 0.3) is 0 Å². The lowest BCUT2D eigenvalue weighted by atomic mass is 10.6. The summed E-state index contributed by atoms with van der Waals surface area (Å²) in [6.45, 7) is 12.0. The van der Waals surface area contributed by atoms with E-state index in [2.05, 4.69) is 25.3 Å². The second-order valence-electron chi connectivity index (χ2n) is 3.23. The Balaban J connectivity index is 0. The highest BCUT2D eigenvalue weighted by molar-refractivity contribution is 7.90. The smallest absolute Gasteiger partial charge is 0.194 e. The van der Waals surface area contributed by atoms with Crippen molar-refractivity contribution in [2.24, 2.45) is 0 Å². The molecule has 0 aliphatic heterocycles. The van der Waals surface area contributed by atoms with Gasteiger partial charge in [0.1, 0.15) is 11.6 Å². The number of sulfone groups is 1. The maximum atomic E-state index is 11.2.